The molecule has 3 aromatic rings. The number of aryl methyl sites for hydroxylation is 1. The van der Waals surface area contributed by atoms with Crippen molar-refractivity contribution in [2.75, 3.05) is 5.32 Å². The molecule has 0 spiro atoms. The molecule has 0 saturated carbocycles. The van der Waals surface area contributed by atoms with Gasteiger partial charge in [-0.1, -0.05) is 44.2 Å². The molecule has 0 fully saturated rings. The van der Waals surface area contributed by atoms with E-state index in [4.69, 9.17) is 0 Å². The van der Waals surface area contributed by atoms with Crippen molar-refractivity contribution in [3.63, 3.8) is 0 Å². The first kappa shape index (κ1) is 20.5. The average Bonchev–Trinajstić information content (AvgIpc) is 3.16. The number of anilines is 1. The lowest BCUT2D eigenvalue weighted by molar-refractivity contribution is -0.121. The minimum absolute atomic E-state index is 0.0779. The van der Waals surface area contributed by atoms with Crippen molar-refractivity contribution >= 4 is 23.2 Å². The monoisotopic (exact) mass is 416 g/mol. The van der Waals surface area contributed by atoms with E-state index in [1.165, 1.54) is 0 Å². The van der Waals surface area contributed by atoms with Gasteiger partial charge >= 0.3 is 0 Å². The van der Waals surface area contributed by atoms with E-state index in [2.05, 4.69) is 45.8 Å². The lowest BCUT2D eigenvalue weighted by Crippen LogP contribution is -2.25. The molecule has 0 atom stereocenters. The molecule has 2 aromatic carbocycles. The third-order valence-corrected chi connectivity index (χ3v) is 5.14. The molecule has 0 radical (unpaired) electrons. The van der Waals surface area contributed by atoms with E-state index in [0.717, 1.165) is 22.5 Å². The normalized spacial score (nSPS) is 13.7. The molecular weight excluding hydrogens is 392 g/mol. The fourth-order valence-corrected chi connectivity index (χ4v) is 3.50. The van der Waals surface area contributed by atoms with Gasteiger partial charge in [0.2, 0.25) is 11.7 Å². The highest BCUT2D eigenvalue weighted by Gasteiger charge is 2.18. The summed E-state index contributed by atoms with van der Waals surface area (Å²) >= 11 is 0. The highest BCUT2D eigenvalue weighted by molar-refractivity contribution is 6.05. The molecule has 8 heteroatoms. The van der Waals surface area contributed by atoms with Gasteiger partial charge in [-0.25, -0.2) is 15.1 Å². The van der Waals surface area contributed by atoms with Gasteiger partial charge in [0.05, 0.1) is 11.4 Å². The van der Waals surface area contributed by atoms with Crippen LogP contribution in [0.15, 0.2) is 53.6 Å². The Balaban J connectivity index is 1.51. The number of carbonyl (C=O) groups excluding carboxylic acids is 2. The minimum Gasteiger partial charge on any atom is -0.319 e. The van der Waals surface area contributed by atoms with Crippen LogP contribution in [0.2, 0.25) is 0 Å². The molecule has 0 aliphatic carbocycles. The summed E-state index contributed by atoms with van der Waals surface area (Å²) in [7, 11) is 0. The number of hydrogen-bond acceptors (Lipinski definition) is 5. The Hall–Kier alpha value is -3.81. The maximum Gasteiger partial charge on any atom is 0.295 e. The van der Waals surface area contributed by atoms with Crippen LogP contribution in [0.5, 0.6) is 0 Å². The second-order valence-corrected chi connectivity index (χ2v) is 7.73. The van der Waals surface area contributed by atoms with Gasteiger partial charge in [0.25, 0.3) is 5.91 Å². The fourth-order valence-electron chi connectivity index (χ4n) is 3.50. The van der Waals surface area contributed by atoms with Gasteiger partial charge < -0.3 is 5.32 Å². The van der Waals surface area contributed by atoms with Crippen LogP contribution in [0.4, 0.5) is 5.69 Å². The zero-order valence-electron chi connectivity index (χ0n) is 17.7. The molecule has 1 aliphatic heterocycles. The van der Waals surface area contributed by atoms with E-state index in [1.807, 2.05) is 37.3 Å². The predicted molar refractivity (Wildman–Crippen MR) is 118 cm³/mol. The molecule has 0 bridgehead atoms. The third-order valence-electron chi connectivity index (χ3n) is 5.14. The van der Waals surface area contributed by atoms with Crippen molar-refractivity contribution in [3.05, 3.63) is 71.3 Å². The van der Waals surface area contributed by atoms with Gasteiger partial charge in [-0.05, 0) is 42.2 Å². The Morgan fingerprint density at radius 3 is 2.52 bits per heavy atom. The number of aromatic nitrogens is 3. The first-order valence-corrected chi connectivity index (χ1v) is 10.2. The van der Waals surface area contributed by atoms with Crippen LogP contribution in [0.3, 0.4) is 0 Å². The molecule has 0 unspecified atom stereocenters. The fraction of sp³-hybridized carbons (Fsp3) is 0.261. The second-order valence-electron chi connectivity index (χ2n) is 7.73. The van der Waals surface area contributed by atoms with E-state index in [9.17, 15) is 9.59 Å². The summed E-state index contributed by atoms with van der Waals surface area (Å²) in [5.41, 5.74) is 6.90. The molecule has 31 heavy (non-hydrogen) atoms. The Morgan fingerprint density at radius 2 is 1.84 bits per heavy atom. The molecule has 2 N–H and O–H groups in total. The number of nitrogens with zero attached hydrogens (tertiary/aromatic N) is 4. The van der Waals surface area contributed by atoms with Gasteiger partial charge in [-0.15, -0.1) is 5.10 Å². The van der Waals surface area contributed by atoms with Gasteiger partial charge in [0, 0.05) is 18.5 Å². The average molecular weight is 416 g/mol. The lowest BCUT2D eigenvalue weighted by atomic mass is 10.0. The molecule has 0 saturated heterocycles. The number of carbonyl (C=O) groups is 2. The van der Waals surface area contributed by atoms with Gasteiger partial charge in [0.15, 0.2) is 0 Å². The summed E-state index contributed by atoms with van der Waals surface area (Å²) in [5, 5.41) is 11.4. The lowest BCUT2D eigenvalue weighted by Gasteiger charge is -2.13. The number of amides is 2. The van der Waals surface area contributed by atoms with Gasteiger partial charge in [0.1, 0.15) is 5.82 Å². The summed E-state index contributed by atoms with van der Waals surface area (Å²) < 4.78 is 1.71. The van der Waals surface area contributed by atoms with Crippen LogP contribution >= 0.6 is 0 Å². The number of para-hydroxylation sites is 1. The van der Waals surface area contributed by atoms with Crippen LogP contribution in [0, 0.1) is 6.92 Å². The van der Waals surface area contributed by atoms with Gasteiger partial charge in [-0.3, -0.25) is 9.59 Å². The SMILES string of the molecule is Cc1nc(C(=O)Nc2ccc(C3=NNC(=O)CC3)cc2)nn1-c1ccccc1C(C)C. The van der Waals surface area contributed by atoms with E-state index < -0.39 is 0 Å². The smallest absolute Gasteiger partial charge is 0.295 e. The molecule has 4 rings (SSSR count). The Bertz CT molecular complexity index is 1160. The number of hydrazone groups is 1. The number of nitrogens with one attached hydrogen (secondary N) is 2. The number of hydrogen-bond donors (Lipinski definition) is 2. The highest BCUT2D eigenvalue weighted by atomic mass is 16.2. The summed E-state index contributed by atoms with van der Waals surface area (Å²) in [6.45, 7) is 6.07. The first-order chi connectivity index (χ1) is 14.9. The van der Waals surface area contributed by atoms with Crippen LogP contribution in [-0.2, 0) is 4.79 Å². The Kier molecular flexibility index (Phi) is 5.62. The van der Waals surface area contributed by atoms with Crippen molar-refractivity contribution < 1.29 is 9.59 Å². The molecule has 2 heterocycles. The van der Waals surface area contributed by atoms with E-state index in [1.54, 1.807) is 16.8 Å². The van der Waals surface area contributed by atoms with Crippen LogP contribution in [0.1, 0.15) is 60.2 Å². The summed E-state index contributed by atoms with van der Waals surface area (Å²) in [6, 6.07) is 15.3. The highest BCUT2D eigenvalue weighted by Crippen LogP contribution is 2.23. The van der Waals surface area contributed by atoms with Crippen molar-refractivity contribution in [1.82, 2.24) is 20.2 Å². The molecule has 8 nitrogen and oxygen atoms in total. The predicted octanol–water partition coefficient (Wildman–Crippen LogP) is 3.57. The van der Waals surface area contributed by atoms with E-state index in [-0.39, 0.29) is 17.6 Å². The summed E-state index contributed by atoms with van der Waals surface area (Å²) in [5.74, 6) is 0.618. The van der Waals surface area contributed by atoms with Crippen molar-refractivity contribution in [1.29, 1.82) is 0 Å². The standard InChI is InChI=1S/C23H24N6O2/c1-14(2)18-6-4-5-7-20(18)29-15(3)24-22(28-29)23(31)25-17-10-8-16(9-11-17)19-12-13-21(30)27-26-19/h4-11,14H,12-13H2,1-3H3,(H,25,31)(H,27,30). The molecule has 2 amide bonds. The largest absolute Gasteiger partial charge is 0.319 e. The first-order valence-electron chi connectivity index (χ1n) is 10.2. The molecule has 1 aromatic heterocycles. The maximum atomic E-state index is 12.7. The van der Waals surface area contributed by atoms with Crippen molar-refractivity contribution in [2.24, 2.45) is 5.10 Å². The third kappa shape index (κ3) is 4.37. The molecular formula is C23H24N6O2. The minimum atomic E-state index is -0.376. The Morgan fingerprint density at radius 1 is 1.10 bits per heavy atom. The summed E-state index contributed by atoms with van der Waals surface area (Å²) in [4.78, 5) is 28.3. The zero-order valence-corrected chi connectivity index (χ0v) is 17.7. The Labute approximate surface area is 180 Å². The van der Waals surface area contributed by atoms with Crippen LogP contribution in [-0.4, -0.2) is 32.3 Å². The van der Waals surface area contributed by atoms with Crippen molar-refractivity contribution in [2.45, 2.75) is 39.5 Å². The maximum absolute atomic E-state index is 12.7. The quantitative estimate of drug-likeness (QED) is 0.664. The number of rotatable bonds is 5. The zero-order chi connectivity index (χ0) is 22.0. The van der Waals surface area contributed by atoms with Crippen molar-refractivity contribution in [3.8, 4) is 5.69 Å². The van der Waals surface area contributed by atoms with E-state index >= 15 is 0 Å². The van der Waals surface area contributed by atoms with Crippen LogP contribution < -0.4 is 10.7 Å². The van der Waals surface area contributed by atoms with E-state index in [0.29, 0.717) is 30.3 Å². The van der Waals surface area contributed by atoms with Gasteiger partial charge in [-0.2, -0.15) is 5.10 Å². The molecule has 1 aliphatic rings. The molecule has 158 valence electrons. The number of benzene rings is 2. The van der Waals surface area contributed by atoms with Crippen LogP contribution in [0.25, 0.3) is 5.69 Å². The summed E-state index contributed by atoms with van der Waals surface area (Å²) in [6.07, 6.45) is 1.01. The second kappa shape index (κ2) is 8.51. The topological polar surface area (TPSA) is 101 Å².